The lowest BCUT2D eigenvalue weighted by atomic mass is 10.1. The lowest BCUT2D eigenvalue weighted by Crippen LogP contribution is -2.35. The number of non-ortho nitro benzene ring substituents is 1. The monoisotopic (exact) mass is 560 g/mol. The zero-order chi connectivity index (χ0) is 28.7. The Balaban J connectivity index is 1.92. The first-order chi connectivity index (χ1) is 18.4. The predicted molar refractivity (Wildman–Crippen MR) is 152 cm³/mol. The van der Waals surface area contributed by atoms with Gasteiger partial charge >= 0.3 is 0 Å². The standard InChI is InChI=1S/C26H36N6O6S/c1-19(2)17-29(18-20(3)4)24-11-8-21(14-25(24)32(35)36)16-27-28-23-10-9-22(31(33)34)15-26(23)39(37,38)30-12-6-5-7-13-30/h8-11,14-16,19-20,28H,5-7,12-13,17-18H2,1-4H3/b27-16-. The van der Waals surface area contributed by atoms with E-state index in [0.29, 0.717) is 49.3 Å². The van der Waals surface area contributed by atoms with Crippen molar-refractivity contribution in [2.45, 2.75) is 51.9 Å². The van der Waals surface area contributed by atoms with Crippen molar-refractivity contribution in [3.8, 4) is 0 Å². The SMILES string of the molecule is CC(C)CN(CC(C)C)c1ccc(/C=N\Nc2ccc([N+](=O)[O-])cc2S(=O)(=O)N2CCCCC2)cc1[N+](=O)[O-]. The molecule has 1 N–H and O–H groups in total. The maximum atomic E-state index is 13.3. The lowest BCUT2D eigenvalue weighted by molar-refractivity contribution is -0.385. The van der Waals surface area contributed by atoms with Crippen LogP contribution in [-0.2, 0) is 10.0 Å². The number of anilines is 2. The van der Waals surface area contributed by atoms with E-state index in [1.807, 2.05) is 4.90 Å². The summed E-state index contributed by atoms with van der Waals surface area (Å²) in [5, 5.41) is 27.4. The minimum absolute atomic E-state index is 0.0519. The second-order valence-corrected chi connectivity index (χ2v) is 12.4. The molecule has 0 saturated carbocycles. The van der Waals surface area contributed by atoms with E-state index >= 15 is 0 Å². The van der Waals surface area contributed by atoms with Crippen molar-refractivity contribution in [1.29, 1.82) is 0 Å². The van der Waals surface area contributed by atoms with E-state index in [1.165, 1.54) is 28.7 Å². The number of hydrazone groups is 1. The Morgan fingerprint density at radius 2 is 1.62 bits per heavy atom. The van der Waals surface area contributed by atoms with Gasteiger partial charge in [0.2, 0.25) is 10.0 Å². The van der Waals surface area contributed by atoms with Crippen LogP contribution < -0.4 is 10.3 Å². The highest BCUT2D eigenvalue weighted by atomic mass is 32.2. The molecule has 3 rings (SSSR count). The van der Waals surface area contributed by atoms with E-state index in [2.05, 4.69) is 38.2 Å². The van der Waals surface area contributed by atoms with Gasteiger partial charge in [0.15, 0.2) is 0 Å². The quantitative estimate of drug-likeness (QED) is 0.210. The summed E-state index contributed by atoms with van der Waals surface area (Å²) in [6.45, 7) is 10.3. The van der Waals surface area contributed by atoms with Gasteiger partial charge in [-0.15, -0.1) is 0 Å². The third-order valence-electron chi connectivity index (χ3n) is 6.22. The topological polar surface area (TPSA) is 151 Å². The van der Waals surface area contributed by atoms with Gasteiger partial charge in [-0.2, -0.15) is 9.41 Å². The number of hydrogen-bond acceptors (Lipinski definition) is 9. The maximum absolute atomic E-state index is 13.3. The van der Waals surface area contributed by atoms with Crippen LogP contribution in [0.3, 0.4) is 0 Å². The van der Waals surface area contributed by atoms with Gasteiger partial charge in [0, 0.05) is 49.9 Å². The number of piperidine rings is 1. The molecule has 12 nitrogen and oxygen atoms in total. The fourth-order valence-corrected chi connectivity index (χ4v) is 6.22. The first-order valence-electron chi connectivity index (χ1n) is 13.0. The van der Waals surface area contributed by atoms with Gasteiger partial charge < -0.3 is 4.90 Å². The number of sulfonamides is 1. The highest BCUT2D eigenvalue weighted by Crippen LogP contribution is 2.32. The van der Waals surface area contributed by atoms with Gasteiger partial charge in [-0.25, -0.2) is 8.42 Å². The van der Waals surface area contributed by atoms with Crippen LogP contribution >= 0.6 is 0 Å². The molecule has 0 aromatic heterocycles. The van der Waals surface area contributed by atoms with Crippen molar-refractivity contribution >= 4 is 39.0 Å². The summed E-state index contributed by atoms with van der Waals surface area (Å²) in [7, 11) is -4.00. The summed E-state index contributed by atoms with van der Waals surface area (Å²) < 4.78 is 28.0. The maximum Gasteiger partial charge on any atom is 0.293 e. The number of nitrogens with one attached hydrogen (secondary N) is 1. The normalized spacial score (nSPS) is 14.7. The van der Waals surface area contributed by atoms with E-state index in [9.17, 15) is 28.6 Å². The second kappa shape index (κ2) is 13.0. The summed E-state index contributed by atoms with van der Waals surface area (Å²) in [6.07, 6.45) is 3.71. The molecule has 0 aliphatic carbocycles. The molecule has 1 heterocycles. The van der Waals surface area contributed by atoms with Gasteiger partial charge in [-0.3, -0.25) is 25.7 Å². The Morgan fingerprint density at radius 1 is 0.974 bits per heavy atom. The largest absolute Gasteiger partial charge is 0.365 e. The molecule has 0 unspecified atom stereocenters. The molecule has 1 aliphatic heterocycles. The molecule has 0 spiro atoms. The predicted octanol–water partition coefficient (Wildman–Crippen LogP) is 5.24. The molecular weight excluding hydrogens is 524 g/mol. The summed E-state index contributed by atoms with van der Waals surface area (Å²) in [5.74, 6) is 0.622. The molecule has 0 radical (unpaired) electrons. The molecule has 2 aromatic rings. The Bertz CT molecular complexity index is 1310. The summed E-state index contributed by atoms with van der Waals surface area (Å²) in [4.78, 5) is 24.0. The lowest BCUT2D eigenvalue weighted by Gasteiger charge is -2.28. The van der Waals surface area contributed by atoms with Crippen molar-refractivity contribution in [1.82, 2.24) is 4.31 Å². The van der Waals surface area contributed by atoms with Crippen molar-refractivity contribution in [2.24, 2.45) is 16.9 Å². The number of rotatable bonds is 12. The van der Waals surface area contributed by atoms with Crippen molar-refractivity contribution in [3.05, 3.63) is 62.2 Å². The van der Waals surface area contributed by atoms with E-state index < -0.39 is 19.9 Å². The minimum atomic E-state index is -4.00. The van der Waals surface area contributed by atoms with Crippen LogP contribution in [0.2, 0.25) is 0 Å². The third-order valence-corrected chi connectivity index (χ3v) is 8.15. The molecule has 1 saturated heterocycles. The van der Waals surface area contributed by atoms with Gasteiger partial charge in [0.05, 0.1) is 21.7 Å². The van der Waals surface area contributed by atoms with Crippen LogP contribution in [0.5, 0.6) is 0 Å². The van der Waals surface area contributed by atoms with Crippen LogP contribution in [-0.4, -0.2) is 55.0 Å². The highest BCUT2D eigenvalue weighted by molar-refractivity contribution is 7.89. The second-order valence-electron chi connectivity index (χ2n) is 10.5. The molecule has 0 atom stereocenters. The molecule has 0 bridgehead atoms. The van der Waals surface area contributed by atoms with Crippen molar-refractivity contribution < 1.29 is 18.3 Å². The highest BCUT2D eigenvalue weighted by Gasteiger charge is 2.30. The van der Waals surface area contributed by atoms with E-state index in [0.717, 1.165) is 25.3 Å². The fraction of sp³-hybridized carbons (Fsp3) is 0.500. The number of nitrogens with zero attached hydrogens (tertiary/aromatic N) is 5. The number of nitro benzene ring substituents is 2. The Morgan fingerprint density at radius 3 is 2.18 bits per heavy atom. The smallest absolute Gasteiger partial charge is 0.293 e. The van der Waals surface area contributed by atoms with Gasteiger partial charge in [-0.1, -0.05) is 40.2 Å². The summed E-state index contributed by atoms with van der Waals surface area (Å²) in [5.41, 5.74) is 3.31. The molecule has 1 aliphatic rings. The average Bonchev–Trinajstić information content (AvgIpc) is 2.88. The van der Waals surface area contributed by atoms with Gasteiger partial charge in [-0.05, 0) is 36.8 Å². The van der Waals surface area contributed by atoms with Gasteiger partial charge in [0.25, 0.3) is 11.4 Å². The molecule has 0 amide bonds. The van der Waals surface area contributed by atoms with Crippen LogP contribution in [0, 0.1) is 32.1 Å². The number of hydrogen-bond donors (Lipinski definition) is 1. The third kappa shape index (κ3) is 7.73. The van der Waals surface area contributed by atoms with Crippen LogP contribution in [0.4, 0.5) is 22.7 Å². The van der Waals surface area contributed by atoms with E-state index in [4.69, 9.17) is 0 Å². The number of benzene rings is 2. The van der Waals surface area contributed by atoms with Gasteiger partial charge in [0.1, 0.15) is 10.6 Å². The van der Waals surface area contributed by atoms with Crippen molar-refractivity contribution in [2.75, 3.05) is 36.5 Å². The van der Waals surface area contributed by atoms with Crippen LogP contribution in [0.25, 0.3) is 0 Å². The molecule has 13 heteroatoms. The average molecular weight is 561 g/mol. The summed E-state index contributed by atoms with van der Waals surface area (Å²) in [6, 6.07) is 8.36. The molecule has 212 valence electrons. The zero-order valence-electron chi connectivity index (χ0n) is 22.7. The Kier molecular flexibility index (Phi) is 9.97. The van der Waals surface area contributed by atoms with E-state index in [1.54, 1.807) is 12.1 Å². The van der Waals surface area contributed by atoms with Crippen LogP contribution in [0.1, 0.15) is 52.5 Å². The Labute approximate surface area is 229 Å². The first-order valence-corrected chi connectivity index (χ1v) is 14.4. The molecular formula is C26H36N6O6S. The molecule has 2 aromatic carbocycles. The Hall–Kier alpha value is -3.58. The minimum Gasteiger partial charge on any atom is -0.365 e. The summed E-state index contributed by atoms with van der Waals surface area (Å²) >= 11 is 0. The van der Waals surface area contributed by atoms with E-state index in [-0.39, 0.29) is 22.0 Å². The van der Waals surface area contributed by atoms with Crippen LogP contribution in [0.15, 0.2) is 46.4 Å². The van der Waals surface area contributed by atoms with Crippen molar-refractivity contribution in [3.63, 3.8) is 0 Å². The first kappa shape index (κ1) is 30.0. The fourth-order valence-electron chi connectivity index (χ4n) is 4.54. The number of nitro groups is 2. The molecule has 39 heavy (non-hydrogen) atoms. The zero-order valence-corrected chi connectivity index (χ0v) is 23.6. The molecule has 1 fully saturated rings.